The van der Waals surface area contributed by atoms with Crippen molar-refractivity contribution in [3.63, 3.8) is 0 Å². The number of nitrogens with zero attached hydrogens (tertiary/aromatic N) is 5. The van der Waals surface area contributed by atoms with Crippen LogP contribution in [0.2, 0.25) is 0 Å². The Labute approximate surface area is 217 Å². The Bertz CT molecular complexity index is 1430. The summed E-state index contributed by atoms with van der Waals surface area (Å²) in [5, 5.41) is 4.32. The first-order valence-corrected chi connectivity index (χ1v) is 12.7. The van der Waals surface area contributed by atoms with E-state index in [1.807, 2.05) is 58.2 Å². The molecule has 1 N–H and O–H groups in total. The number of anilines is 3. The Morgan fingerprint density at radius 1 is 1.08 bits per heavy atom. The van der Waals surface area contributed by atoms with Crippen LogP contribution in [0.25, 0.3) is 22.2 Å². The number of ether oxygens (including phenoxy) is 2. The van der Waals surface area contributed by atoms with Gasteiger partial charge in [-0.2, -0.15) is 0 Å². The van der Waals surface area contributed by atoms with Crippen molar-refractivity contribution in [1.29, 1.82) is 0 Å². The molecule has 1 saturated heterocycles. The summed E-state index contributed by atoms with van der Waals surface area (Å²) < 4.78 is 17.5. The van der Waals surface area contributed by atoms with E-state index in [-0.39, 0.29) is 5.60 Å². The van der Waals surface area contributed by atoms with E-state index in [1.165, 1.54) is 0 Å². The highest BCUT2D eigenvalue weighted by atomic mass is 16.5. The van der Waals surface area contributed by atoms with Gasteiger partial charge in [0.2, 0.25) is 5.95 Å². The maximum atomic E-state index is 5.96. The molecule has 9 nitrogen and oxygen atoms in total. The molecule has 0 saturated carbocycles. The van der Waals surface area contributed by atoms with E-state index in [1.54, 1.807) is 7.11 Å². The number of rotatable bonds is 7. The van der Waals surface area contributed by atoms with Crippen LogP contribution in [0.15, 0.2) is 34.9 Å². The Morgan fingerprint density at radius 3 is 2.54 bits per heavy atom. The van der Waals surface area contributed by atoms with Crippen molar-refractivity contribution < 1.29 is 13.9 Å². The molecule has 1 aliphatic heterocycles. The highest BCUT2D eigenvalue weighted by Gasteiger charge is 2.31. The third-order valence-electron chi connectivity index (χ3n) is 6.98. The van der Waals surface area contributed by atoms with E-state index < -0.39 is 0 Å². The van der Waals surface area contributed by atoms with Gasteiger partial charge in [0.05, 0.1) is 23.6 Å². The first-order valence-electron chi connectivity index (χ1n) is 12.7. The molecule has 0 bridgehead atoms. The van der Waals surface area contributed by atoms with Crippen LogP contribution in [0.5, 0.6) is 5.75 Å². The van der Waals surface area contributed by atoms with Crippen molar-refractivity contribution in [3.05, 3.63) is 47.7 Å². The summed E-state index contributed by atoms with van der Waals surface area (Å²) in [5.41, 5.74) is 4.20. The van der Waals surface area contributed by atoms with Crippen LogP contribution in [-0.2, 0) is 4.74 Å². The van der Waals surface area contributed by atoms with Crippen LogP contribution < -0.4 is 15.0 Å². The minimum absolute atomic E-state index is 0.0946. The van der Waals surface area contributed by atoms with Crippen molar-refractivity contribution in [2.24, 2.45) is 0 Å². The molecule has 1 fully saturated rings. The van der Waals surface area contributed by atoms with E-state index in [9.17, 15) is 0 Å². The predicted molar refractivity (Wildman–Crippen MR) is 145 cm³/mol. The number of piperidine rings is 1. The summed E-state index contributed by atoms with van der Waals surface area (Å²) in [6.07, 6.45) is 3.72. The fourth-order valence-electron chi connectivity index (χ4n) is 4.79. The molecule has 1 aliphatic rings. The highest BCUT2D eigenvalue weighted by molar-refractivity contribution is 5.89. The van der Waals surface area contributed by atoms with Gasteiger partial charge in [-0.25, -0.2) is 19.9 Å². The molecule has 3 aromatic heterocycles. The zero-order valence-corrected chi connectivity index (χ0v) is 22.4. The quantitative estimate of drug-likeness (QED) is 0.338. The van der Waals surface area contributed by atoms with Crippen LogP contribution in [0.3, 0.4) is 0 Å². The summed E-state index contributed by atoms with van der Waals surface area (Å²) in [6.45, 7) is 12.2. The second kappa shape index (κ2) is 9.97. The molecule has 0 radical (unpaired) electrons. The Morgan fingerprint density at radius 2 is 1.86 bits per heavy atom. The normalized spacial score (nSPS) is 15.2. The molecule has 4 aromatic rings. The van der Waals surface area contributed by atoms with Gasteiger partial charge in [-0.05, 0) is 64.8 Å². The lowest BCUT2D eigenvalue weighted by molar-refractivity contribution is -0.0133. The highest BCUT2D eigenvalue weighted by Crippen LogP contribution is 2.35. The van der Waals surface area contributed by atoms with Gasteiger partial charge in [0.25, 0.3) is 0 Å². The van der Waals surface area contributed by atoms with Gasteiger partial charge < -0.3 is 24.1 Å². The largest absolute Gasteiger partial charge is 0.492 e. The molecular weight excluding hydrogens is 468 g/mol. The summed E-state index contributed by atoms with van der Waals surface area (Å²) in [5.74, 6) is 3.43. The van der Waals surface area contributed by atoms with E-state index in [0.29, 0.717) is 24.2 Å². The van der Waals surface area contributed by atoms with Crippen molar-refractivity contribution in [3.8, 4) is 17.1 Å². The maximum Gasteiger partial charge on any atom is 0.227 e. The Balaban J connectivity index is 1.47. The van der Waals surface area contributed by atoms with E-state index in [4.69, 9.17) is 23.9 Å². The van der Waals surface area contributed by atoms with Crippen LogP contribution in [0.4, 0.5) is 17.5 Å². The molecule has 0 aliphatic carbocycles. The number of oxazole rings is 1. The topological polar surface area (TPSA) is 98.4 Å². The molecule has 0 amide bonds. The number of pyridine rings is 1. The number of hydrogen-bond acceptors (Lipinski definition) is 9. The second-order valence-electron chi connectivity index (χ2n) is 9.78. The monoisotopic (exact) mass is 502 g/mol. The van der Waals surface area contributed by atoms with Gasteiger partial charge in [-0.3, -0.25) is 0 Å². The average Bonchev–Trinajstić information content (AvgIpc) is 3.23. The summed E-state index contributed by atoms with van der Waals surface area (Å²) >= 11 is 0. The third kappa shape index (κ3) is 5.09. The number of hydrogen-bond donors (Lipinski definition) is 1. The number of aryl methyl sites for hydroxylation is 3. The fraction of sp³-hybridized carbons (Fsp3) is 0.429. The van der Waals surface area contributed by atoms with Gasteiger partial charge in [0.1, 0.15) is 11.3 Å². The zero-order valence-electron chi connectivity index (χ0n) is 22.4. The number of fused-ring (bicyclic) bond motifs is 1. The van der Waals surface area contributed by atoms with Crippen LogP contribution in [0, 0.1) is 20.8 Å². The summed E-state index contributed by atoms with van der Waals surface area (Å²) in [7, 11) is 1.79. The number of aromatic nitrogens is 4. The van der Waals surface area contributed by atoms with E-state index in [0.717, 1.165) is 71.1 Å². The third-order valence-corrected chi connectivity index (χ3v) is 6.98. The minimum Gasteiger partial charge on any atom is -0.492 e. The van der Waals surface area contributed by atoms with Crippen molar-refractivity contribution in [2.45, 2.75) is 53.1 Å². The Kier molecular flexibility index (Phi) is 6.72. The first kappa shape index (κ1) is 25.0. The minimum atomic E-state index is -0.0946. The van der Waals surface area contributed by atoms with Crippen molar-refractivity contribution in [2.75, 3.05) is 37.0 Å². The molecule has 0 spiro atoms. The molecular formula is C28H34N6O3. The second-order valence-corrected chi connectivity index (χ2v) is 9.78. The van der Waals surface area contributed by atoms with E-state index in [2.05, 4.69) is 27.1 Å². The SMILES string of the molecule is CCOc1cc(-c2oc(C)nc2C)ccc1Nc1ncc2cc(C)nc(N3CCC(C)(OC)CC3)c2n1. The predicted octanol–water partition coefficient (Wildman–Crippen LogP) is 5.75. The van der Waals surface area contributed by atoms with Gasteiger partial charge in [-0.15, -0.1) is 0 Å². The number of benzene rings is 1. The fourth-order valence-corrected chi connectivity index (χ4v) is 4.79. The smallest absolute Gasteiger partial charge is 0.227 e. The number of nitrogens with one attached hydrogen (secondary N) is 1. The molecule has 37 heavy (non-hydrogen) atoms. The van der Waals surface area contributed by atoms with Gasteiger partial charge >= 0.3 is 0 Å². The molecule has 1 aromatic carbocycles. The Hall–Kier alpha value is -3.72. The number of methoxy groups -OCH3 is 1. The molecule has 5 rings (SSSR count). The summed E-state index contributed by atoms with van der Waals surface area (Å²) in [6, 6.07) is 7.91. The summed E-state index contributed by atoms with van der Waals surface area (Å²) in [4.78, 5) is 21.1. The maximum absolute atomic E-state index is 5.96. The molecule has 4 heterocycles. The standard InChI is InChI=1S/C28H34N6O3/c1-7-36-23-15-20(25-18(3)31-19(4)37-25)8-9-22(23)32-27-29-16-21-14-17(2)30-26(24(21)33-27)34-12-10-28(5,35-6)11-13-34/h8-9,14-16H,7,10-13H2,1-6H3,(H,29,32,33). The van der Waals surface area contributed by atoms with Crippen LogP contribution >= 0.6 is 0 Å². The van der Waals surface area contributed by atoms with Gasteiger partial charge in [0, 0.05) is 50.0 Å². The van der Waals surface area contributed by atoms with E-state index >= 15 is 0 Å². The van der Waals surface area contributed by atoms with Gasteiger partial charge in [-0.1, -0.05) is 0 Å². The molecule has 0 unspecified atom stereocenters. The van der Waals surface area contributed by atoms with Crippen molar-refractivity contribution in [1.82, 2.24) is 19.9 Å². The van der Waals surface area contributed by atoms with Gasteiger partial charge in [0.15, 0.2) is 17.5 Å². The average molecular weight is 503 g/mol. The lowest BCUT2D eigenvalue weighted by Gasteiger charge is -2.39. The lowest BCUT2D eigenvalue weighted by Crippen LogP contribution is -2.44. The van der Waals surface area contributed by atoms with Crippen LogP contribution in [-0.4, -0.2) is 52.3 Å². The molecule has 0 atom stereocenters. The van der Waals surface area contributed by atoms with Crippen molar-refractivity contribution >= 4 is 28.4 Å². The molecule has 194 valence electrons. The zero-order chi connectivity index (χ0) is 26.2. The lowest BCUT2D eigenvalue weighted by atomic mass is 9.93. The molecule has 9 heteroatoms. The van der Waals surface area contributed by atoms with Crippen LogP contribution in [0.1, 0.15) is 44.0 Å². The first-order chi connectivity index (χ1) is 17.8.